The maximum Gasteiger partial charge on any atom is 0.123 e. The monoisotopic (exact) mass is 100 g/mol. The molecule has 0 rings (SSSR count). The Morgan fingerprint density at radius 3 is 2.57 bits per heavy atom. The van der Waals surface area contributed by atoms with Gasteiger partial charge in [-0.3, -0.25) is 0 Å². The van der Waals surface area contributed by atoms with Crippen molar-refractivity contribution in [3.63, 3.8) is 0 Å². The number of rotatable bonds is 3. The van der Waals surface area contributed by atoms with Gasteiger partial charge in [-0.05, 0) is 0 Å². The molecule has 0 aromatic heterocycles. The molecule has 0 aromatic carbocycles. The molecule has 7 heavy (non-hydrogen) atoms. The Bertz CT molecular complexity index is 66.5. The van der Waals surface area contributed by atoms with Gasteiger partial charge in [0.15, 0.2) is 0 Å². The largest absolute Gasteiger partial charge is 0.392 e. The van der Waals surface area contributed by atoms with E-state index in [-0.39, 0.29) is 6.61 Å². The van der Waals surface area contributed by atoms with E-state index < -0.39 is 0 Å². The lowest BCUT2D eigenvalue weighted by molar-refractivity contribution is -0.107. The first-order valence-electron chi connectivity index (χ1n) is 2.11. The quantitative estimate of drug-likeness (QED) is 0.404. The molecule has 0 saturated carbocycles. The number of allylic oxidation sites excluding steroid dienone is 1. The predicted molar refractivity (Wildman–Crippen MR) is 26.9 cm³/mol. The molecule has 0 fully saturated rings. The van der Waals surface area contributed by atoms with Gasteiger partial charge in [0, 0.05) is 6.42 Å². The van der Waals surface area contributed by atoms with Crippen LogP contribution in [0.25, 0.3) is 0 Å². The zero-order valence-electron chi connectivity index (χ0n) is 4.00. The predicted octanol–water partition coefficient (Wildman–Crippen LogP) is 0.124. The molecular formula is C5H8O2. The first-order chi connectivity index (χ1) is 3.41. The lowest BCUT2D eigenvalue weighted by Gasteiger charge is -1.72. The molecule has 0 aliphatic carbocycles. The third-order valence-electron chi connectivity index (χ3n) is 0.504. The summed E-state index contributed by atoms with van der Waals surface area (Å²) in [6.45, 7) is 0.0217. The molecule has 0 radical (unpaired) electrons. The van der Waals surface area contributed by atoms with E-state index in [0.717, 1.165) is 6.29 Å². The van der Waals surface area contributed by atoms with Crippen LogP contribution in [-0.4, -0.2) is 18.0 Å². The Hall–Kier alpha value is -0.630. The number of carbonyl (C=O) groups is 1. The summed E-state index contributed by atoms with van der Waals surface area (Å²) in [5, 5.41) is 8.09. The summed E-state index contributed by atoms with van der Waals surface area (Å²) in [4.78, 5) is 9.55. The zero-order valence-corrected chi connectivity index (χ0v) is 4.00. The molecule has 1 N–H and O–H groups in total. The molecule has 0 spiro atoms. The number of carbonyl (C=O) groups excluding carboxylic acids is 1. The fourth-order valence-electron chi connectivity index (χ4n) is 0.226. The lowest BCUT2D eigenvalue weighted by Crippen LogP contribution is -1.71. The molecule has 0 unspecified atom stereocenters. The third-order valence-corrected chi connectivity index (χ3v) is 0.504. The van der Waals surface area contributed by atoms with Crippen LogP contribution in [0.5, 0.6) is 0 Å². The summed E-state index contributed by atoms with van der Waals surface area (Å²) in [6.07, 6.45) is 4.34. The second kappa shape index (κ2) is 5.37. The van der Waals surface area contributed by atoms with Gasteiger partial charge in [0.2, 0.25) is 0 Å². The highest BCUT2D eigenvalue weighted by atomic mass is 16.2. The van der Waals surface area contributed by atoms with Crippen LogP contribution >= 0.6 is 0 Å². The Balaban J connectivity index is 2.92. The van der Waals surface area contributed by atoms with Crippen LogP contribution in [0.4, 0.5) is 0 Å². The molecule has 2 nitrogen and oxygen atoms in total. The number of aliphatic hydroxyl groups is 1. The maximum atomic E-state index is 9.55. The van der Waals surface area contributed by atoms with Crippen LogP contribution in [-0.2, 0) is 4.79 Å². The molecule has 0 atom stereocenters. The number of hydrogen-bond acceptors (Lipinski definition) is 2. The highest BCUT2D eigenvalue weighted by molar-refractivity contribution is 5.51. The van der Waals surface area contributed by atoms with E-state index in [1.165, 1.54) is 6.08 Å². The molecule has 0 saturated heterocycles. The molecule has 0 bridgehead atoms. The van der Waals surface area contributed by atoms with E-state index in [1.54, 1.807) is 6.08 Å². The van der Waals surface area contributed by atoms with Crippen molar-refractivity contribution in [1.82, 2.24) is 0 Å². The van der Waals surface area contributed by atoms with E-state index in [0.29, 0.717) is 6.42 Å². The molecule has 0 aromatic rings. The van der Waals surface area contributed by atoms with Gasteiger partial charge < -0.3 is 9.90 Å². The summed E-state index contributed by atoms with van der Waals surface area (Å²) in [6, 6.07) is 0. The lowest BCUT2D eigenvalue weighted by atomic mass is 10.4. The van der Waals surface area contributed by atoms with Crippen LogP contribution in [0.15, 0.2) is 12.2 Å². The van der Waals surface area contributed by atoms with Gasteiger partial charge in [0.1, 0.15) is 6.29 Å². The van der Waals surface area contributed by atoms with Crippen molar-refractivity contribution in [2.24, 2.45) is 0 Å². The Kier molecular flexibility index (Phi) is 4.89. The van der Waals surface area contributed by atoms with E-state index in [2.05, 4.69) is 0 Å². The summed E-state index contributed by atoms with van der Waals surface area (Å²) < 4.78 is 0. The van der Waals surface area contributed by atoms with Crippen molar-refractivity contribution < 1.29 is 9.90 Å². The van der Waals surface area contributed by atoms with Crippen molar-refractivity contribution in [3.05, 3.63) is 12.2 Å². The van der Waals surface area contributed by atoms with E-state index in [1.807, 2.05) is 0 Å². The minimum atomic E-state index is 0.0217. The van der Waals surface area contributed by atoms with Gasteiger partial charge in [0.05, 0.1) is 6.61 Å². The molecule has 0 heterocycles. The van der Waals surface area contributed by atoms with Crippen molar-refractivity contribution in [3.8, 4) is 0 Å². The second-order valence-corrected chi connectivity index (χ2v) is 1.06. The van der Waals surface area contributed by atoms with Crippen molar-refractivity contribution in [2.75, 3.05) is 6.61 Å². The molecule has 0 aliphatic heterocycles. The van der Waals surface area contributed by atoms with Crippen LogP contribution in [0.2, 0.25) is 0 Å². The maximum absolute atomic E-state index is 9.55. The Morgan fingerprint density at radius 2 is 2.14 bits per heavy atom. The van der Waals surface area contributed by atoms with E-state index in [9.17, 15) is 4.79 Å². The molecule has 2 heteroatoms. The number of aldehydes is 1. The minimum absolute atomic E-state index is 0.0217. The van der Waals surface area contributed by atoms with Crippen molar-refractivity contribution in [2.45, 2.75) is 6.42 Å². The van der Waals surface area contributed by atoms with E-state index >= 15 is 0 Å². The topological polar surface area (TPSA) is 37.3 Å². The summed E-state index contributed by atoms with van der Waals surface area (Å²) >= 11 is 0. The van der Waals surface area contributed by atoms with Crippen molar-refractivity contribution >= 4 is 6.29 Å². The molecule has 0 amide bonds. The highest BCUT2D eigenvalue weighted by Crippen LogP contribution is 1.73. The standard InChI is InChI=1S/C5H8O2/c6-4-2-1-3-5-7/h1-2,5-6H,3-4H2/b2-1-. The van der Waals surface area contributed by atoms with Crippen LogP contribution < -0.4 is 0 Å². The second-order valence-electron chi connectivity index (χ2n) is 1.06. The molecule has 0 aliphatic rings. The number of aliphatic hydroxyl groups excluding tert-OH is 1. The first-order valence-corrected chi connectivity index (χ1v) is 2.11. The number of hydrogen-bond donors (Lipinski definition) is 1. The fourth-order valence-corrected chi connectivity index (χ4v) is 0.226. The minimum Gasteiger partial charge on any atom is -0.392 e. The third kappa shape index (κ3) is 5.37. The van der Waals surface area contributed by atoms with Crippen molar-refractivity contribution in [1.29, 1.82) is 0 Å². The Labute approximate surface area is 42.5 Å². The summed E-state index contributed by atoms with van der Waals surface area (Å²) in [5.74, 6) is 0. The van der Waals surface area contributed by atoms with Crippen LogP contribution in [0.3, 0.4) is 0 Å². The van der Waals surface area contributed by atoms with Crippen LogP contribution in [0.1, 0.15) is 6.42 Å². The fraction of sp³-hybridized carbons (Fsp3) is 0.400. The van der Waals surface area contributed by atoms with Gasteiger partial charge in [-0.1, -0.05) is 12.2 Å². The Morgan fingerprint density at radius 1 is 1.43 bits per heavy atom. The molecule has 40 valence electrons. The normalized spacial score (nSPS) is 9.86. The average molecular weight is 100 g/mol. The zero-order chi connectivity index (χ0) is 5.54. The van der Waals surface area contributed by atoms with Gasteiger partial charge in [-0.25, -0.2) is 0 Å². The van der Waals surface area contributed by atoms with Crippen LogP contribution in [0, 0.1) is 0 Å². The smallest absolute Gasteiger partial charge is 0.123 e. The van der Waals surface area contributed by atoms with Gasteiger partial charge in [0.25, 0.3) is 0 Å². The first kappa shape index (κ1) is 6.37. The summed E-state index contributed by atoms with van der Waals surface area (Å²) in [7, 11) is 0. The SMILES string of the molecule is O=CC/C=C\CO. The average Bonchev–Trinajstić information content (AvgIpc) is 1.69. The molecular weight excluding hydrogens is 92.1 g/mol. The highest BCUT2D eigenvalue weighted by Gasteiger charge is 1.67. The van der Waals surface area contributed by atoms with Gasteiger partial charge in [-0.2, -0.15) is 0 Å². The van der Waals surface area contributed by atoms with Gasteiger partial charge in [-0.15, -0.1) is 0 Å². The summed E-state index contributed by atoms with van der Waals surface area (Å²) in [5.41, 5.74) is 0. The van der Waals surface area contributed by atoms with Gasteiger partial charge >= 0.3 is 0 Å². The van der Waals surface area contributed by atoms with E-state index in [4.69, 9.17) is 5.11 Å².